The molecule has 0 N–H and O–H groups in total. The Hall–Kier alpha value is -8.15. The summed E-state index contributed by atoms with van der Waals surface area (Å²) in [4.78, 5) is 17.7. The molecule has 2 heterocycles. The zero-order valence-corrected chi connectivity index (χ0v) is 32.5. The van der Waals surface area contributed by atoms with Gasteiger partial charge in [-0.2, -0.15) is 0 Å². The van der Waals surface area contributed by atoms with Crippen molar-refractivity contribution >= 4 is 49.8 Å². The summed E-state index contributed by atoms with van der Waals surface area (Å²) < 4.78 is 6.74. The number of aromatic nitrogens is 3. The number of rotatable bonds is 8. The van der Waals surface area contributed by atoms with E-state index in [2.05, 4.69) is 175 Å². The highest BCUT2D eigenvalue weighted by Gasteiger charge is 2.21. The first-order valence-corrected chi connectivity index (χ1v) is 20.1. The maximum absolute atomic E-state index is 6.74. The fourth-order valence-electron chi connectivity index (χ4n) is 8.23. The van der Waals surface area contributed by atoms with Crippen LogP contribution in [0.3, 0.4) is 0 Å². The van der Waals surface area contributed by atoms with E-state index >= 15 is 0 Å². The summed E-state index contributed by atoms with van der Waals surface area (Å²) in [6.45, 7) is 0. The molecule has 0 aliphatic rings. The molecule has 0 radical (unpaired) electrons. The molecule has 0 aliphatic heterocycles. The molecule has 0 aliphatic carbocycles. The van der Waals surface area contributed by atoms with Gasteiger partial charge >= 0.3 is 0 Å². The number of anilines is 3. The quantitative estimate of drug-likeness (QED) is 0.154. The van der Waals surface area contributed by atoms with Gasteiger partial charge in [-0.3, -0.25) is 0 Å². The lowest BCUT2D eigenvalue weighted by Gasteiger charge is -2.26. The van der Waals surface area contributed by atoms with Gasteiger partial charge in [0.2, 0.25) is 0 Å². The highest BCUT2D eigenvalue weighted by atomic mass is 16.3. The lowest BCUT2D eigenvalue weighted by molar-refractivity contribution is 0.669. The molecule has 0 amide bonds. The van der Waals surface area contributed by atoms with Crippen LogP contribution < -0.4 is 4.90 Å². The monoisotopic (exact) mass is 768 g/mol. The largest absolute Gasteiger partial charge is 0.456 e. The Morgan fingerprint density at radius 3 is 1.62 bits per heavy atom. The number of hydrogen-bond donors (Lipinski definition) is 0. The van der Waals surface area contributed by atoms with Crippen molar-refractivity contribution < 1.29 is 4.42 Å². The normalized spacial score (nSPS) is 11.3. The van der Waals surface area contributed by atoms with Crippen LogP contribution in [0.15, 0.2) is 223 Å². The third-order valence-corrected chi connectivity index (χ3v) is 11.1. The number of benzene rings is 9. The molecular weight excluding hydrogens is 733 g/mol. The van der Waals surface area contributed by atoms with E-state index in [1.54, 1.807) is 0 Å². The standard InChI is InChI=1S/C55H36N4O/c1-4-15-37(16-5-1)39-29-31-43(32-30-39)59(44-24-12-23-42(35-44)38-17-6-2-7-18-38)45-33-34-48-51(36-45)60-50-28-14-27-49(52(48)50)55-57-53(41-20-8-3-9-21-41)56-54(58-55)47-26-13-22-40-19-10-11-25-46(40)47/h1-36H. The van der Waals surface area contributed by atoms with Crippen LogP contribution >= 0.6 is 0 Å². The molecule has 0 saturated heterocycles. The minimum atomic E-state index is 0.585. The second-order valence-corrected chi connectivity index (χ2v) is 14.8. The molecule has 0 unspecified atom stereocenters. The molecule has 11 aromatic rings. The van der Waals surface area contributed by atoms with Crippen LogP contribution in [0.1, 0.15) is 0 Å². The molecule has 5 heteroatoms. The van der Waals surface area contributed by atoms with E-state index in [-0.39, 0.29) is 0 Å². The van der Waals surface area contributed by atoms with Gasteiger partial charge in [0.1, 0.15) is 11.2 Å². The van der Waals surface area contributed by atoms with Crippen molar-refractivity contribution in [3.8, 4) is 56.4 Å². The number of fused-ring (bicyclic) bond motifs is 4. The van der Waals surface area contributed by atoms with Gasteiger partial charge < -0.3 is 9.32 Å². The highest BCUT2D eigenvalue weighted by molar-refractivity contribution is 6.12. The van der Waals surface area contributed by atoms with Gasteiger partial charge in [-0.05, 0) is 75.5 Å². The van der Waals surface area contributed by atoms with Gasteiger partial charge in [0.15, 0.2) is 17.5 Å². The molecule has 0 fully saturated rings. The average molecular weight is 769 g/mol. The van der Waals surface area contributed by atoms with E-state index in [0.29, 0.717) is 17.5 Å². The molecule has 2 aromatic heterocycles. The Bertz CT molecular complexity index is 3300. The third kappa shape index (κ3) is 6.45. The molecule has 5 nitrogen and oxygen atoms in total. The summed E-state index contributed by atoms with van der Waals surface area (Å²) in [6.07, 6.45) is 0. The first kappa shape index (κ1) is 35.0. The zero-order valence-electron chi connectivity index (χ0n) is 32.5. The van der Waals surface area contributed by atoms with Gasteiger partial charge in [0.25, 0.3) is 0 Å². The van der Waals surface area contributed by atoms with Gasteiger partial charge in [-0.25, -0.2) is 15.0 Å². The second kappa shape index (κ2) is 15.0. The Balaban J connectivity index is 1.07. The van der Waals surface area contributed by atoms with E-state index in [1.165, 1.54) is 5.56 Å². The lowest BCUT2D eigenvalue weighted by atomic mass is 10.0. The summed E-state index contributed by atoms with van der Waals surface area (Å²) in [5.41, 5.74) is 12.0. The molecule has 0 bridgehead atoms. The Labute approximate surface area is 347 Å². The third-order valence-electron chi connectivity index (χ3n) is 11.1. The minimum absolute atomic E-state index is 0.585. The van der Waals surface area contributed by atoms with Crippen LogP contribution in [-0.4, -0.2) is 15.0 Å². The average Bonchev–Trinajstić information content (AvgIpc) is 3.71. The highest BCUT2D eigenvalue weighted by Crippen LogP contribution is 2.42. The second-order valence-electron chi connectivity index (χ2n) is 14.8. The van der Waals surface area contributed by atoms with Gasteiger partial charge in [-0.15, -0.1) is 0 Å². The van der Waals surface area contributed by atoms with Crippen molar-refractivity contribution in [3.63, 3.8) is 0 Å². The van der Waals surface area contributed by atoms with E-state index in [4.69, 9.17) is 19.4 Å². The van der Waals surface area contributed by atoms with Crippen molar-refractivity contribution in [1.82, 2.24) is 15.0 Å². The van der Waals surface area contributed by atoms with E-state index < -0.39 is 0 Å². The molecule has 0 saturated carbocycles. The molecule has 0 atom stereocenters. The van der Waals surface area contributed by atoms with Gasteiger partial charge in [-0.1, -0.05) is 170 Å². The predicted octanol–water partition coefficient (Wildman–Crippen LogP) is 14.7. The van der Waals surface area contributed by atoms with Crippen LogP contribution in [0.2, 0.25) is 0 Å². The van der Waals surface area contributed by atoms with Crippen molar-refractivity contribution in [2.24, 2.45) is 0 Å². The maximum atomic E-state index is 6.74. The fraction of sp³-hybridized carbons (Fsp3) is 0. The predicted molar refractivity (Wildman–Crippen MR) is 246 cm³/mol. The van der Waals surface area contributed by atoms with Crippen molar-refractivity contribution in [1.29, 1.82) is 0 Å². The van der Waals surface area contributed by atoms with Crippen LogP contribution in [0, 0.1) is 0 Å². The number of nitrogens with zero attached hydrogens (tertiary/aromatic N) is 4. The Kier molecular flexibility index (Phi) is 8.75. The summed E-state index contributed by atoms with van der Waals surface area (Å²) in [6, 6.07) is 75.8. The van der Waals surface area contributed by atoms with Gasteiger partial charge in [0, 0.05) is 50.6 Å². The summed E-state index contributed by atoms with van der Waals surface area (Å²) in [5.74, 6) is 1.82. The summed E-state index contributed by atoms with van der Waals surface area (Å²) in [5, 5.41) is 4.15. The fourth-order valence-corrected chi connectivity index (χ4v) is 8.23. The van der Waals surface area contributed by atoms with Gasteiger partial charge in [0.05, 0.1) is 0 Å². The minimum Gasteiger partial charge on any atom is -0.456 e. The maximum Gasteiger partial charge on any atom is 0.164 e. The van der Waals surface area contributed by atoms with E-state index in [9.17, 15) is 0 Å². The topological polar surface area (TPSA) is 55.1 Å². The first-order chi connectivity index (χ1) is 29.7. The summed E-state index contributed by atoms with van der Waals surface area (Å²) >= 11 is 0. The van der Waals surface area contributed by atoms with Crippen LogP contribution in [0.4, 0.5) is 17.1 Å². The zero-order chi connectivity index (χ0) is 39.8. The SMILES string of the molecule is c1ccc(-c2ccc(N(c3cccc(-c4ccccc4)c3)c3ccc4c(c3)oc3cccc(-c5nc(-c6ccccc6)nc(-c6cccc7ccccc67)n5)c34)cc2)cc1. The van der Waals surface area contributed by atoms with Crippen LogP contribution in [-0.2, 0) is 0 Å². The summed E-state index contributed by atoms with van der Waals surface area (Å²) in [7, 11) is 0. The smallest absolute Gasteiger partial charge is 0.164 e. The van der Waals surface area contributed by atoms with Crippen molar-refractivity contribution in [3.05, 3.63) is 218 Å². The number of furan rings is 1. The molecule has 9 aromatic carbocycles. The van der Waals surface area contributed by atoms with Crippen molar-refractivity contribution in [2.45, 2.75) is 0 Å². The molecule has 11 rings (SSSR count). The molecule has 0 spiro atoms. The first-order valence-electron chi connectivity index (χ1n) is 20.1. The Morgan fingerprint density at radius 2 is 0.850 bits per heavy atom. The van der Waals surface area contributed by atoms with Crippen LogP contribution in [0.5, 0.6) is 0 Å². The van der Waals surface area contributed by atoms with E-state index in [1.807, 2.05) is 48.5 Å². The Morgan fingerprint density at radius 1 is 0.317 bits per heavy atom. The van der Waals surface area contributed by atoms with Crippen LogP contribution in [0.25, 0.3) is 89.1 Å². The molecular formula is C55H36N4O. The van der Waals surface area contributed by atoms with E-state index in [0.717, 1.165) is 83.2 Å². The number of hydrogen-bond acceptors (Lipinski definition) is 5. The van der Waals surface area contributed by atoms with Crippen molar-refractivity contribution in [2.75, 3.05) is 4.90 Å². The lowest BCUT2D eigenvalue weighted by Crippen LogP contribution is -2.10. The molecule has 60 heavy (non-hydrogen) atoms. The molecule has 282 valence electrons.